The van der Waals surface area contributed by atoms with Crippen LogP contribution in [0.4, 0.5) is 11.4 Å². The van der Waals surface area contributed by atoms with E-state index in [4.69, 9.17) is 17.4 Å². The van der Waals surface area contributed by atoms with Gasteiger partial charge in [0.15, 0.2) is 0 Å². The van der Waals surface area contributed by atoms with Crippen molar-refractivity contribution in [3.05, 3.63) is 23.2 Å². The minimum absolute atomic E-state index is 0.296. The van der Waals surface area contributed by atoms with Crippen LogP contribution in [0, 0.1) is 0 Å². The first kappa shape index (κ1) is 11.1. The predicted molar refractivity (Wildman–Crippen MR) is 57.7 cm³/mol. The van der Waals surface area contributed by atoms with Gasteiger partial charge in [0.2, 0.25) is 10.0 Å². The second-order valence-corrected chi connectivity index (χ2v) is 4.87. The van der Waals surface area contributed by atoms with Crippen LogP contribution in [0.2, 0.25) is 5.02 Å². The van der Waals surface area contributed by atoms with Gasteiger partial charge in [0.05, 0.1) is 22.7 Å². The van der Waals surface area contributed by atoms with Crippen molar-refractivity contribution >= 4 is 33.0 Å². The standard InChI is InChI=1S/C7H10ClN3O2S/c1-14(12,13)11-7-4-5(10-9)2-3-6(7)8/h2-4,10-11H,9H2,1H3. The molecule has 0 spiro atoms. The largest absolute Gasteiger partial charge is 0.324 e. The highest BCUT2D eigenvalue weighted by Gasteiger charge is 2.06. The lowest BCUT2D eigenvalue weighted by atomic mass is 10.3. The molecule has 0 unspecified atom stereocenters. The lowest BCUT2D eigenvalue weighted by Crippen LogP contribution is -2.11. The molecule has 1 aromatic carbocycles. The van der Waals surface area contributed by atoms with Gasteiger partial charge in [-0.3, -0.25) is 10.6 Å². The number of hydrogen-bond donors (Lipinski definition) is 3. The zero-order chi connectivity index (χ0) is 10.8. The van der Waals surface area contributed by atoms with E-state index >= 15 is 0 Å². The highest BCUT2D eigenvalue weighted by atomic mass is 35.5. The van der Waals surface area contributed by atoms with E-state index in [-0.39, 0.29) is 0 Å². The lowest BCUT2D eigenvalue weighted by molar-refractivity contribution is 0.607. The topological polar surface area (TPSA) is 84.2 Å². The fraction of sp³-hybridized carbons (Fsp3) is 0.143. The molecule has 0 saturated carbocycles. The van der Waals surface area contributed by atoms with Crippen LogP contribution in [0.5, 0.6) is 0 Å². The van der Waals surface area contributed by atoms with Crippen molar-refractivity contribution < 1.29 is 8.42 Å². The second kappa shape index (κ2) is 4.04. The van der Waals surface area contributed by atoms with Gasteiger partial charge in [-0.1, -0.05) is 11.6 Å². The second-order valence-electron chi connectivity index (χ2n) is 2.71. The number of nitrogen functional groups attached to an aromatic ring is 1. The molecule has 0 aromatic heterocycles. The van der Waals surface area contributed by atoms with Crippen LogP contribution in [0.1, 0.15) is 0 Å². The van der Waals surface area contributed by atoms with Crippen LogP contribution in [0.25, 0.3) is 0 Å². The third-order valence-corrected chi connectivity index (χ3v) is 2.35. The normalized spacial score (nSPS) is 11.1. The summed E-state index contributed by atoms with van der Waals surface area (Å²) in [4.78, 5) is 0. The minimum Gasteiger partial charge on any atom is -0.324 e. The lowest BCUT2D eigenvalue weighted by Gasteiger charge is -2.08. The van der Waals surface area contributed by atoms with E-state index in [0.717, 1.165) is 6.26 Å². The van der Waals surface area contributed by atoms with Crippen LogP contribution in [0.15, 0.2) is 18.2 Å². The molecular formula is C7H10ClN3O2S. The van der Waals surface area contributed by atoms with Gasteiger partial charge in [-0.05, 0) is 18.2 Å². The molecule has 0 aliphatic heterocycles. The number of hydrazine groups is 1. The van der Waals surface area contributed by atoms with Crippen molar-refractivity contribution in [1.82, 2.24) is 0 Å². The van der Waals surface area contributed by atoms with Crippen LogP contribution >= 0.6 is 11.6 Å². The minimum atomic E-state index is -3.33. The molecule has 0 heterocycles. The maximum Gasteiger partial charge on any atom is 0.229 e. The Balaban J connectivity index is 3.07. The number of benzene rings is 1. The highest BCUT2D eigenvalue weighted by molar-refractivity contribution is 7.92. The van der Waals surface area contributed by atoms with E-state index in [2.05, 4.69) is 10.1 Å². The van der Waals surface area contributed by atoms with E-state index in [1.807, 2.05) is 0 Å². The molecule has 1 aromatic rings. The summed E-state index contributed by atoms with van der Waals surface area (Å²) in [5, 5.41) is 0.314. The molecule has 0 aliphatic rings. The number of rotatable bonds is 3. The molecule has 4 N–H and O–H groups in total. The number of sulfonamides is 1. The number of anilines is 2. The summed E-state index contributed by atoms with van der Waals surface area (Å²) in [5.74, 6) is 5.16. The molecule has 0 saturated heterocycles. The molecule has 0 radical (unpaired) electrons. The van der Waals surface area contributed by atoms with Gasteiger partial charge < -0.3 is 5.43 Å². The molecule has 0 bridgehead atoms. The van der Waals surface area contributed by atoms with E-state index < -0.39 is 10.0 Å². The Kier molecular flexibility index (Phi) is 3.20. The van der Waals surface area contributed by atoms with Crippen molar-refractivity contribution in [2.75, 3.05) is 16.4 Å². The quantitative estimate of drug-likeness (QED) is 0.539. The molecular weight excluding hydrogens is 226 g/mol. The van der Waals surface area contributed by atoms with Crippen molar-refractivity contribution in [2.24, 2.45) is 5.84 Å². The fourth-order valence-corrected chi connectivity index (χ4v) is 1.68. The molecule has 0 atom stereocenters. The van der Waals surface area contributed by atoms with Gasteiger partial charge in [-0.25, -0.2) is 8.42 Å². The summed E-state index contributed by atoms with van der Waals surface area (Å²) in [6.07, 6.45) is 1.05. The van der Waals surface area contributed by atoms with Crippen LogP contribution < -0.4 is 16.0 Å². The van der Waals surface area contributed by atoms with Gasteiger partial charge in [-0.15, -0.1) is 0 Å². The summed E-state index contributed by atoms with van der Waals surface area (Å²) in [5.41, 5.74) is 3.25. The first-order valence-corrected chi connectivity index (χ1v) is 5.93. The smallest absolute Gasteiger partial charge is 0.229 e. The van der Waals surface area contributed by atoms with Crippen molar-refractivity contribution in [2.45, 2.75) is 0 Å². The van der Waals surface area contributed by atoms with Gasteiger partial charge in [0.1, 0.15) is 0 Å². The number of nitrogens with one attached hydrogen (secondary N) is 2. The van der Waals surface area contributed by atoms with E-state index in [1.54, 1.807) is 12.1 Å². The molecule has 7 heteroatoms. The van der Waals surface area contributed by atoms with Gasteiger partial charge in [-0.2, -0.15) is 0 Å². The van der Waals surface area contributed by atoms with Gasteiger partial charge in [0.25, 0.3) is 0 Å². The highest BCUT2D eigenvalue weighted by Crippen LogP contribution is 2.25. The molecule has 0 fully saturated rings. The average molecular weight is 236 g/mol. The van der Waals surface area contributed by atoms with E-state index in [1.165, 1.54) is 6.07 Å². The molecule has 14 heavy (non-hydrogen) atoms. The zero-order valence-corrected chi connectivity index (χ0v) is 8.98. The monoisotopic (exact) mass is 235 g/mol. The van der Waals surface area contributed by atoms with E-state index in [0.29, 0.717) is 16.4 Å². The Hall–Kier alpha value is -0.980. The summed E-state index contributed by atoms with van der Waals surface area (Å²) in [6, 6.07) is 4.68. The van der Waals surface area contributed by atoms with Crippen LogP contribution in [0.3, 0.4) is 0 Å². The number of nitrogens with two attached hydrogens (primary N) is 1. The SMILES string of the molecule is CS(=O)(=O)Nc1cc(NN)ccc1Cl. The fourth-order valence-electron chi connectivity index (χ4n) is 0.893. The average Bonchev–Trinajstić information content (AvgIpc) is 2.06. The summed E-state index contributed by atoms with van der Waals surface area (Å²) >= 11 is 5.76. The molecule has 0 amide bonds. The predicted octanol–water partition coefficient (Wildman–Crippen LogP) is 0.997. The van der Waals surface area contributed by atoms with Crippen LogP contribution in [-0.2, 0) is 10.0 Å². The Morgan fingerprint density at radius 1 is 1.43 bits per heavy atom. The van der Waals surface area contributed by atoms with Crippen molar-refractivity contribution in [3.63, 3.8) is 0 Å². The third kappa shape index (κ3) is 3.06. The summed E-state index contributed by atoms with van der Waals surface area (Å²) < 4.78 is 24.1. The number of hydrogen-bond acceptors (Lipinski definition) is 4. The summed E-state index contributed by atoms with van der Waals surface area (Å²) in [7, 11) is -3.33. The van der Waals surface area contributed by atoms with Crippen molar-refractivity contribution in [1.29, 1.82) is 0 Å². The van der Waals surface area contributed by atoms with Gasteiger partial charge in [0, 0.05) is 0 Å². The zero-order valence-electron chi connectivity index (χ0n) is 7.41. The molecule has 1 rings (SSSR count). The first-order chi connectivity index (χ1) is 6.42. The van der Waals surface area contributed by atoms with E-state index in [9.17, 15) is 8.42 Å². The third-order valence-electron chi connectivity index (χ3n) is 1.43. The Labute approximate surface area is 87.3 Å². The number of halogens is 1. The Bertz CT molecular complexity index is 433. The first-order valence-electron chi connectivity index (χ1n) is 3.66. The summed E-state index contributed by atoms with van der Waals surface area (Å²) in [6.45, 7) is 0. The van der Waals surface area contributed by atoms with Crippen molar-refractivity contribution in [3.8, 4) is 0 Å². The maximum atomic E-state index is 10.9. The molecule has 78 valence electrons. The van der Waals surface area contributed by atoms with Gasteiger partial charge >= 0.3 is 0 Å². The Morgan fingerprint density at radius 2 is 2.07 bits per heavy atom. The maximum absolute atomic E-state index is 10.9. The Morgan fingerprint density at radius 3 is 2.57 bits per heavy atom. The van der Waals surface area contributed by atoms with Crippen LogP contribution in [-0.4, -0.2) is 14.7 Å². The molecule has 0 aliphatic carbocycles. The molecule has 5 nitrogen and oxygen atoms in total.